The lowest BCUT2D eigenvalue weighted by molar-refractivity contribution is -0.113. The molecule has 0 radical (unpaired) electrons. The van der Waals surface area contributed by atoms with Crippen LogP contribution in [0.5, 0.6) is 5.75 Å². The van der Waals surface area contributed by atoms with Crippen molar-refractivity contribution in [3.63, 3.8) is 0 Å². The van der Waals surface area contributed by atoms with E-state index in [4.69, 9.17) is 20.8 Å². The van der Waals surface area contributed by atoms with Gasteiger partial charge in [-0.2, -0.15) is 0 Å². The fourth-order valence-corrected chi connectivity index (χ4v) is 3.82. The monoisotopic (exact) mass is 417 g/mol. The van der Waals surface area contributed by atoms with Gasteiger partial charge in [-0.15, -0.1) is 11.8 Å². The smallest absolute Gasteiger partial charge is 0.336 e. The number of nitrogens with one attached hydrogen (secondary N) is 1. The maximum absolute atomic E-state index is 12.3. The van der Waals surface area contributed by atoms with Crippen LogP contribution in [0.3, 0.4) is 0 Å². The lowest BCUT2D eigenvalue weighted by atomic mass is 10.1. The van der Waals surface area contributed by atoms with Crippen LogP contribution >= 0.6 is 23.4 Å². The van der Waals surface area contributed by atoms with Crippen molar-refractivity contribution in [2.75, 3.05) is 18.2 Å². The molecule has 0 saturated heterocycles. The summed E-state index contributed by atoms with van der Waals surface area (Å²) >= 11 is 7.40. The molecule has 0 aliphatic rings. The number of carbonyl (C=O) groups is 1. The molecular formula is C21H20ClNO4S. The van der Waals surface area contributed by atoms with Gasteiger partial charge in [-0.1, -0.05) is 30.7 Å². The second-order valence-corrected chi connectivity index (χ2v) is 7.58. The number of aryl methyl sites for hydroxylation is 1. The van der Waals surface area contributed by atoms with Crippen molar-refractivity contribution >= 4 is 45.9 Å². The number of methoxy groups -OCH3 is 1. The standard InChI is InChI=1S/C21H20ClNO4S/c1-3-13-4-6-16-14(9-21(25)27-19(16)8-13)11-28-12-20(24)23-17-10-15(22)5-7-18(17)26-2/h4-10H,3,11-12H2,1-2H3,(H,23,24). The first-order valence-corrected chi connectivity index (χ1v) is 10.3. The number of halogens is 1. The Morgan fingerprint density at radius 3 is 2.79 bits per heavy atom. The highest BCUT2D eigenvalue weighted by Crippen LogP contribution is 2.28. The molecule has 0 aliphatic heterocycles. The van der Waals surface area contributed by atoms with Crippen molar-refractivity contribution < 1.29 is 13.9 Å². The fraction of sp³-hybridized carbons (Fsp3) is 0.238. The Kier molecular flexibility index (Phi) is 6.65. The summed E-state index contributed by atoms with van der Waals surface area (Å²) < 4.78 is 10.5. The average Bonchev–Trinajstić information content (AvgIpc) is 2.67. The van der Waals surface area contributed by atoms with E-state index < -0.39 is 0 Å². The predicted octanol–water partition coefficient (Wildman–Crippen LogP) is 4.89. The highest BCUT2D eigenvalue weighted by Gasteiger charge is 2.11. The number of hydrogen-bond donors (Lipinski definition) is 1. The minimum atomic E-state index is -0.385. The van der Waals surface area contributed by atoms with Gasteiger partial charge >= 0.3 is 5.63 Å². The van der Waals surface area contributed by atoms with Gasteiger partial charge < -0.3 is 14.5 Å². The molecule has 0 atom stereocenters. The number of carbonyl (C=O) groups excluding carboxylic acids is 1. The van der Waals surface area contributed by atoms with Gasteiger partial charge in [0, 0.05) is 22.2 Å². The fourth-order valence-electron chi connectivity index (χ4n) is 2.83. The quantitative estimate of drug-likeness (QED) is 0.554. The number of amides is 1. The van der Waals surface area contributed by atoms with E-state index in [1.165, 1.54) is 24.9 Å². The van der Waals surface area contributed by atoms with Crippen molar-refractivity contribution in [2.45, 2.75) is 19.1 Å². The Hall–Kier alpha value is -2.44. The summed E-state index contributed by atoms with van der Waals surface area (Å²) in [5, 5.41) is 4.20. The average molecular weight is 418 g/mol. The first-order chi connectivity index (χ1) is 13.5. The molecule has 0 bridgehead atoms. The van der Waals surface area contributed by atoms with E-state index in [2.05, 4.69) is 5.32 Å². The van der Waals surface area contributed by atoms with E-state index >= 15 is 0 Å². The van der Waals surface area contributed by atoms with Crippen LogP contribution in [0.15, 0.2) is 51.7 Å². The van der Waals surface area contributed by atoms with Gasteiger partial charge in [0.1, 0.15) is 11.3 Å². The normalized spacial score (nSPS) is 10.8. The van der Waals surface area contributed by atoms with Crippen molar-refractivity contribution in [3.05, 3.63) is 69.0 Å². The topological polar surface area (TPSA) is 68.5 Å². The number of rotatable bonds is 7. The molecule has 2 aromatic carbocycles. The summed E-state index contributed by atoms with van der Waals surface area (Å²) in [5.41, 5.74) is 2.68. The van der Waals surface area contributed by atoms with Crippen LogP contribution in [-0.2, 0) is 17.0 Å². The Bertz CT molecular complexity index is 1060. The highest BCUT2D eigenvalue weighted by atomic mass is 35.5. The maximum Gasteiger partial charge on any atom is 0.336 e. The zero-order chi connectivity index (χ0) is 20.1. The third kappa shape index (κ3) is 4.88. The predicted molar refractivity (Wildman–Crippen MR) is 115 cm³/mol. The van der Waals surface area contributed by atoms with E-state index in [0.29, 0.717) is 27.8 Å². The van der Waals surface area contributed by atoms with Crippen LogP contribution in [0, 0.1) is 0 Å². The molecule has 3 aromatic rings. The molecule has 0 saturated carbocycles. The molecule has 1 amide bonds. The van der Waals surface area contributed by atoms with E-state index in [0.717, 1.165) is 22.9 Å². The molecule has 28 heavy (non-hydrogen) atoms. The molecule has 0 fully saturated rings. The molecule has 5 nitrogen and oxygen atoms in total. The molecule has 0 unspecified atom stereocenters. The maximum atomic E-state index is 12.3. The second kappa shape index (κ2) is 9.17. The SMILES string of the molecule is CCc1ccc2c(CSCC(=O)Nc3cc(Cl)ccc3OC)cc(=O)oc2c1. The third-order valence-corrected chi connectivity index (χ3v) is 5.45. The number of benzene rings is 2. The van der Waals surface area contributed by atoms with E-state index in [-0.39, 0.29) is 17.3 Å². The summed E-state index contributed by atoms with van der Waals surface area (Å²) in [6.07, 6.45) is 0.867. The molecule has 146 valence electrons. The Balaban J connectivity index is 1.67. The molecule has 1 heterocycles. The van der Waals surface area contributed by atoms with Gasteiger partial charge in [0.25, 0.3) is 0 Å². The van der Waals surface area contributed by atoms with E-state index in [1.54, 1.807) is 18.2 Å². The minimum absolute atomic E-state index is 0.175. The van der Waals surface area contributed by atoms with Gasteiger partial charge in [-0.05, 0) is 41.8 Å². The van der Waals surface area contributed by atoms with Crippen molar-refractivity contribution in [2.24, 2.45) is 0 Å². The first kappa shape index (κ1) is 20.3. The van der Waals surface area contributed by atoms with Crippen LogP contribution in [0.4, 0.5) is 5.69 Å². The van der Waals surface area contributed by atoms with Crippen LogP contribution in [0.25, 0.3) is 11.0 Å². The molecule has 0 spiro atoms. The number of thioether (sulfide) groups is 1. The van der Waals surface area contributed by atoms with Crippen molar-refractivity contribution in [1.82, 2.24) is 0 Å². The van der Waals surface area contributed by atoms with Crippen molar-refractivity contribution in [3.8, 4) is 5.75 Å². The molecule has 1 N–H and O–H groups in total. The minimum Gasteiger partial charge on any atom is -0.495 e. The summed E-state index contributed by atoms with van der Waals surface area (Å²) in [5.74, 6) is 1.12. The van der Waals surface area contributed by atoms with Crippen LogP contribution in [0.2, 0.25) is 5.02 Å². The largest absolute Gasteiger partial charge is 0.495 e. The second-order valence-electron chi connectivity index (χ2n) is 6.16. The molecule has 1 aromatic heterocycles. The van der Waals surface area contributed by atoms with Crippen molar-refractivity contribution in [1.29, 1.82) is 0 Å². The molecule has 7 heteroatoms. The first-order valence-electron chi connectivity index (χ1n) is 8.77. The third-order valence-electron chi connectivity index (χ3n) is 4.23. The van der Waals surface area contributed by atoms with Gasteiger partial charge in [0.05, 0.1) is 18.6 Å². The number of hydrogen-bond acceptors (Lipinski definition) is 5. The lowest BCUT2D eigenvalue weighted by Gasteiger charge is -2.11. The van der Waals surface area contributed by atoms with E-state index in [1.807, 2.05) is 25.1 Å². The van der Waals surface area contributed by atoms with Gasteiger partial charge in [0.15, 0.2) is 0 Å². The van der Waals surface area contributed by atoms with Crippen LogP contribution in [0.1, 0.15) is 18.1 Å². The van der Waals surface area contributed by atoms with Gasteiger partial charge in [0.2, 0.25) is 5.91 Å². The zero-order valence-electron chi connectivity index (χ0n) is 15.6. The van der Waals surface area contributed by atoms with Crippen LogP contribution < -0.4 is 15.7 Å². The summed E-state index contributed by atoms with van der Waals surface area (Å²) in [6.45, 7) is 2.05. The Labute approximate surface area is 172 Å². The Morgan fingerprint density at radius 1 is 1.21 bits per heavy atom. The van der Waals surface area contributed by atoms with Gasteiger partial charge in [-0.25, -0.2) is 4.79 Å². The zero-order valence-corrected chi connectivity index (χ0v) is 17.2. The summed E-state index contributed by atoms with van der Waals surface area (Å²) in [4.78, 5) is 24.1. The Morgan fingerprint density at radius 2 is 2.04 bits per heavy atom. The number of ether oxygens (including phenoxy) is 1. The summed E-state index contributed by atoms with van der Waals surface area (Å²) in [6, 6.07) is 12.4. The molecular weight excluding hydrogens is 398 g/mol. The van der Waals surface area contributed by atoms with Crippen LogP contribution in [-0.4, -0.2) is 18.8 Å². The number of anilines is 1. The number of fused-ring (bicyclic) bond motifs is 1. The highest BCUT2D eigenvalue weighted by molar-refractivity contribution is 7.99. The van der Waals surface area contributed by atoms with E-state index in [9.17, 15) is 9.59 Å². The lowest BCUT2D eigenvalue weighted by Crippen LogP contribution is -2.15. The molecule has 0 aliphatic carbocycles. The summed E-state index contributed by atoms with van der Waals surface area (Å²) in [7, 11) is 1.53. The molecule has 3 rings (SSSR count). The van der Waals surface area contributed by atoms with Gasteiger partial charge in [-0.3, -0.25) is 4.79 Å².